The smallest absolute Gasteiger partial charge is 0.358 e. The van der Waals surface area contributed by atoms with Gasteiger partial charge in [0.05, 0.1) is 0 Å². The molecule has 0 atom stereocenters. The summed E-state index contributed by atoms with van der Waals surface area (Å²) in [6, 6.07) is 4.35. The predicted octanol–water partition coefficient (Wildman–Crippen LogP) is 0.388. The Balaban J connectivity index is 0.00000196. The van der Waals surface area contributed by atoms with E-state index < -0.39 is 0 Å². The first-order valence-electron chi connectivity index (χ1n) is 10.2. The van der Waals surface area contributed by atoms with Gasteiger partial charge >= 0.3 is 51.4 Å². The van der Waals surface area contributed by atoms with Crippen molar-refractivity contribution in [3.8, 4) is 0 Å². The standard InChI is InChI=1S/C21H33N4O.CH3.K/c1-18(2)19-8-9-20(22-17-19)24-15-13-23(14-16-24)10-6-7-21(26)25-11-4-3-5-12-25;;/h3,8-9,17-18H,4-7,10-16H2,1-2H3;1H3;/q2*-1;+1. The number of nitrogens with zero attached hydrogens (tertiary/aromatic N) is 4. The third kappa shape index (κ3) is 7.69. The number of hydrogen-bond acceptors (Lipinski definition) is 4. The molecule has 5 nitrogen and oxygen atoms in total. The maximum absolute atomic E-state index is 12.2. The minimum atomic E-state index is 0. The molecule has 0 unspecified atom stereocenters. The van der Waals surface area contributed by atoms with Crippen molar-refractivity contribution >= 4 is 11.7 Å². The maximum Gasteiger partial charge on any atom is 1.00 e. The molecule has 0 spiro atoms. The van der Waals surface area contributed by atoms with E-state index in [1.807, 2.05) is 11.1 Å². The Morgan fingerprint density at radius 3 is 2.36 bits per heavy atom. The molecule has 3 rings (SSSR count). The van der Waals surface area contributed by atoms with E-state index >= 15 is 0 Å². The van der Waals surface area contributed by atoms with E-state index in [0.717, 1.165) is 70.9 Å². The normalized spacial score (nSPS) is 17.8. The summed E-state index contributed by atoms with van der Waals surface area (Å²) in [7, 11) is 0. The molecule has 1 aromatic heterocycles. The van der Waals surface area contributed by atoms with Crippen LogP contribution in [0.3, 0.4) is 0 Å². The summed E-state index contributed by atoms with van der Waals surface area (Å²) < 4.78 is 0. The summed E-state index contributed by atoms with van der Waals surface area (Å²) in [5.74, 6) is 1.96. The Bertz CT molecular complexity index is 564. The summed E-state index contributed by atoms with van der Waals surface area (Å²) in [6.45, 7) is 11.4. The van der Waals surface area contributed by atoms with Crippen molar-refractivity contribution in [1.82, 2.24) is 14.8 Å². The van der Waals surface area contributed by atoms with Crippen LogP contribution in [0.15, 0.2) is 18.3 Å². The van der Waals surface area contributed by atoms with Gasteiger partial charge in [0.25, 0.3) is 0 Å². The first-order valence-corrected chi connectivity index (χ1v) is 10.2. The molecule has 0 radical (unpaired) electrons. The Morgan fingerprint density at radius 1 is 1.11 bits per heavy atom. The van der Waals surface area contributed by atoms with Gasteiger partial charge in [-0.25, -0.2) is 4.98 Å². The molecule has 3 heterocycles. The molecule has 0 aliphatic carbocycles. The van der Waals surface area contributed by atoms with Crippen LogP contribution in [0.5, 0.6) is 0 Å². The van der Waals surface area contributed by atoms with E-state index in [4.69, 9.17) is 0 Å². The summed E-state index contributed by atoms with van der Waals surface area (Å²) in [4.78, 5) is 23.8. The molecule has 2 aliphatic heterocycles. The second-order valence-corrected chi connectivity index (χ2v) is 7.78. The number of piperidine rings is 1. The number of aromatic nitrogens is 1. The summed E-state index contributed by atoms with van der Waals surface area (Å²) in [6.07, 6.45) is 8.07. The number of carbonyl (C=O) groups is 1. The topological polar surface area (TPSA) is 39.7 Å². The van der Waals surface area contributed by atoms with E-state index in [0.29, 0.717) is 18.2 Å². The Labute approximate surface area is 214 Å². The van der Waals surface area contributed by atoms with E-state index in [1.165, 1.54) is 5.56 Å². The van der Waals surface area contributed by atoms with Gasteiger partial charge in [0.15, 0.2) is 0 Å². The van der Waals surface area contributed by atoms with E-state index in [9.17, 15) is 4.79 Å². The van der Waals surface area contributed by atoms with Crippen molar-refractivity contribution in [3.63, 3.8) is 0 Å². The third-order valence-electron chi connectivity index (χ3n) is 5.56. The Morgan fingerprint density at radius 2 is 1.79 bits per heavy atom. The van der Waals surface area contributed by atoms with Gasteiger partial charge in [-0.15, -0.1) is 0 Å². The average Bonchev–Trinajstić information content (AvgIpc) is 2.69. The molecule has 152 valence electrons. The van der Waals surface area contributed by atoms with Gasteiger partial charge in [-0.1, -0.05) is 19.9 Å². The van der Waals surface area contributed by atoms with Crippen molar-refractivity contribution in [2.75, 3.05) is 50.7 Å². The van der Waals surface area contributed by atoms with Gasteiger partial charge in [0.1, 0.15) is 5.82 Å². The van der Waals surface area contributed by atoms with Crippen LogP contribution in [-0.2, 0) is 4.79 Å². The molecule has 1 amide bonds. The van der Waals surface area contributed by atoms with Crippen LogP contribution in [0.4, 0.5) is 5.82 Å². The van der Waals surface area contributed by atoms with Crippen LogP contribution in [0.25, 0.3) is 0 Å². The average molecular weight is 412 g/mol. The summed E-state index contributed by atoms with van der Waals surface area (Å²) in [5.41, 5.74) is 1.30. The fourth-order valence-corrected chi connectivity index (χ4v) is 3.74. The molecule has 0 N–H and O–H groups in total. The summed E-state index contributed by atoms with van der Waals surface area (Å²) >= 11 is 0. The number of piperazine rings is 1. The fourth-order valence-electron chi connectivity index (χ4n) is 3.74. The van der Waals surface area contributed by atoms with Crippen molar-refractivity contribution in [2.24, 2.45) is 0 Å². The molecule has 2 aliphatic rings. The zero-order valence-electron chi connectivity index (χ0n) is 18.4. The SMILES string of the molecule is CC(C)c1ccc(N2CCN(CCCC(=O)N3CC[CH-]CC3)CC2)nc1.[CH3-].[K+]. The zero-order valence-corrected chi connectivity index (χ0v) is 21.5. The number of pyridine rings is 1. The number of rotatable bonds is 6. The van der Waals surface area contributed by atoms with Crippen LogP contribution in [-0.4, -0.2) is 66.5 Å². The molecule has 1 aromatic rings. The minimum absolute atomic E-state index is 0. The van der Waals surface area contributed by atoms with Gasteiger partial charge in [-0.3, -0.25) is 9.69 Å². The maximum atomic E-state index is 12.2. The van der Waals surface area contributed by atoms with Gasteiger partial charge in [0, 0.05) is 38.8 Å². The monoisotopic (exact) mass is 411 g/mol. The van der Waals surface area contributed by atoms with Crippen molar-refractivity contribution in [2.45, 2.75) is 45.4 Å². The molecule has 0 bridgehead atoms. The van der Waals surface area contributed by atoms with E-state index in [2.05, 4.69) is 47.2 Å². The molecule has 0 saturated carbocycles. The van der Waals surface area contributed by atoms with Crippen LogP contribution >= 0.6 is 0 Å². The quantitative estimate of drug-likeness (QED) is 0.502. The van der Waals surface area contributed by atoms with Crippen LogP contribution < -0.4 is 56.3 Å². The van der Waals surface area contributed by atoms with Gasteiger partial charge in [-0.05, 0) is 43.6 Å². The summed E-state index contributed by atoms with van der Waals surface area (Å²) in [5, 5.41) is 0. The van der Waals surface area contributed by atoms with Crippen molar-refractivity contribution in [1.29, 1.82) is 0 Å². The Hall–Kier alpha value is 0.0164. The van der Waals surface area contributed by atoms with E-state index in [-0.39, 0.29) is 58.8 Å². The zero-order chi connectivity index (χ0) is 18.4. The molecule has 2 fully saturated rings. The van der Waals surface area contributed by atoms with E-state index in [1.54, 1.807) is 0 Å². The molecular weight excluding hydrogens is 375 g/mol. The first-order chi connectivity index (χ1) is 12.6. The molecule has 6 heteroatoms. The number of likely N-dealkylation sites (tertiary alicyclic amines) is 1. The molecule has 2 saturated heterocycles. The van der Waals surface area contributed by atoms with Crippen molar-refractivity contribution in [3.05, 3.63) is 37.7 Å². The Kier molecular flexibility index (Phi) is 12.4. The van der Waals surface area contributed by atoms with Crippen molar-refractivity contribution < 1.29 is 56.2 Å². The van der Waals surface area contributed by atoms with Gasteiger partial charge in [0.2, 0.25) is 5.91 Å². The minimum Gasteiger partial charge on any atom is -0.358 e. The number of anilines is 1. The second-order valence-electron chi connectivity index (χ2n) is 7.78. The first kappa shape index (κ1) is 26.1. The van der Waals surface area contributed by atoms with Crippen LogP contribution in [0, 0.1) is 13.8 Å². The molecular formula is C22H36KN4O-. The third-order valence-corrected chi connectivity index (χ3v) is 5.56. The van der Waals surface area contributed by atoms with Crippen LogP contribution in [0.1, 0.15) is 51.0 Å². The number of hydrogen-bond donors (Lipinski definition) is 0. The molecule has 28 heavy (non-hydrogen) atoms. The van der Waals surface area contributed by atoms with Gasteiger partial charge < -0.3 is 23.6 Å². The predicted molar refractivity (Wildman–Crippen MR) is 113 cm³/mol. The fraction of sp³-hybridized carbons (Fsp3) is 0.636. The second kappa shape index (κ2) is 13.3. The largest absolute Gasteiger partial charge is 1.00 e. The molecule has 0 aromatic carbocycles. The number of amides is 1. The number of carbonyl (C=O) groups excluding carboxylic acids is 1. The van der Waals surface area contributed by atoms with Gasteiger partial charge in [-0.2, -0.15) is 12.8 Å². The van der Waals surface area contributed by atoms with Crippen LogP contribution in [0.2, 0.25) is 0 Å².